The Kier molecular flexibility index (Phi) is 4.65. The van der Waals surface area contributed by atoms with Gasteiger partial charge in [-0.3, -0.25) is 10.0 Å². The molecule has 7 nitrogen and oxygen atoms in total. The second-order valence-electron chi connectivity index (χ2n) is 4.91. The van der Waals surface area contributed by atoms with E-state index in [4.69, 9.17) is 5.21 Å². The molecule has 2 rings (SSSR count). The number of fused-ring (bicyclic) bond motifs is 1. The molecule has 8 heteroatoms. The summed E-state index contributed by atoms with van der Waals surface area (Å²) in [6.07, 6.45) is 0. The molecule has 0 bridgehead atoms. The number of nitrogens with zero attached hydrogens (tertiary/aromatic N) is 1. The number of anilines is 1. The van der Waals surface area contributed by atoms with Gasteiger partial charge >= 0.3 is 0 Å². The van der Waals surface area contributed by atoms with Gasteiger partial charge < -0.3 is 4.90 Å². The lowest BCUT2D eigenvalue weighted by Gasteiger charge is -2.16. The molecular weight excluding hydrogens is 306 g/mol. The van der Waals surface area contributed by atoms with E-state index in [1.165, 1.54) is 11.5 Å². The van der Waals surface area contributed by atoms with Crippen molar-refractivity contribution < 1.29 is 18.4 Å². The average Bonchev–Trinajstić information content (AvgIpc) is 2.51. The van der Waals surface area contributed by atoms with E-state index in [1.54, 1.807) is 12.1 Å². The minimum atomic E-state index is -3.84. The van der Waals surface area contributed by atoms with Crippen molar-refractivity contribution in [1.29, 1.82) is 0 Å². The number of sulfonamides is 1. The zero-order chi connectivity index (χ0) is 16.3. The van der Waals surface area contributed by atoms with Gasteiger partial charge in [0.2, 0.25) is 10.0 Å². The molecule has 118 valence electrons. The van der Waals surface area contributed by atoms with Gasteiger partial charge in [0.25, 0.3) is 5.91 Å². The number of benzene rings is 2. The van der Waals surface area contributed by atoms with Crippen molar-refractivity contribution in [2.45, 2.75) is 4.90 Å². The topological polar surface area (TPSA) is 98.7 Å². The van der Waals surface area contributed by atoms with E-state index in [-0.39, 0.29) is 4.90 Å². The van der Waals surface area contributed by atoms with Crippen LogP contribution in [0.1, 0.15) is 0 Å². The standard InChI is InChI=1S/C14H17N3O4S/c1-17(2)13-5-3-4-10-6-7-11(8-12(10)13)22(20,21)15-9-14(18)16-19/h3-8,15,19H,9H2,1-2H3,(H,16,18). The van der Waals surface area contributed by atoms with E-state index < -0.39 is 22.5 Å². The lowest BCUT2D eigenvalue weighted by Crippen LogP contribution is -2.35. The summed E-state index contributed by atoms with van der Waals surface area (Å²) in [4.78, 5) is 12.9. The molecule has 0 aliphatic rings. The molecule has 0 atom stereocenters. The molecule has 1 amide bonds. The summed E-state index contributed by atoms with van der Waals surface area (Å²) < 4.78 is 26.5. The molecule has 0 saturated carbocycles. The summed E-state index contributed by atoms with van der Waals surface area (Å²) in [5.41, 5.74) is 2.26. The van der Waals surface area contributed by atoms with Crippen LogP contribution in [0.2, 0.25) is 0 Å². The van der Waals surface area contributed by atoms with E-state index in [1.807, 2.05) is 37.2 Å². The molecule has 0 saturated heterocycles. The third-order valence-corrected chi connectivity index (χ3v) is 4.57. The minimum absolute atomic E-state index is 0.0556. The van der Waals surface area contributed by atoms with Crippen molar-refractivity contribution >= 4 is 32.4 Å². The normalized spacial score (nSPS) is 11.4. The lowest BCUT2D eigenvalue weighted by atomic mass is 10.1. The van der Waals surface area contributed by atoms with Gasteiger partial charge in [-0.2, -0.15) is 0 Å². The fourth-order valence-electron chi connectivity index (χ4n) is 2.08. The molecule has 0 spiro atoms. The van der Waals surface area contributed by atoms with Crippen LogP contribution in [0.15, 0.2) is 41.3 Å². The van der Waals surface area contributed by atoms with E-state index >= 15 is 0 Å². The third-order valence-electron chi connectivity index (χ3n) is 3.17. The third kappa shape index (κ3) is 3.35. The molecule has 0 unspecified atom stereocenters. The molecule has 0 fully saturated rings. The fraction of sp³-hybridized carbons (Fsp3) is 0.214. The fourth-order valence-corrected chi connectivity index (χ4v) is 3.08. The molecule has 2 aromatic carbocycles. The van der Waals surface area contributed by atoms with Crippen LogP contribution < -0.4 is 15.1 Å². The first-order valence-electron chi connectivity index (χ1n) is 6.48. The van der Waals surface area contributed by atoms with Crippen LogP contribution in [0.3, 0.4) is 0 Å². The first-order chi connectivity index (χ1) is 10.3. The quantitative estimate of drug-likeness (QED) is 0.555. The van der Waals surface area contributed by atoms with Crippen LogP contribution in [0.25, 0.3) is 10.8 Å². The molecular formula is C14H17N3O4S. The first kappa shape index (κ1) is 16.2. The predicted molar refractivity (Wildman–Crippen MR) is 83.4 cm³/mol. The van der Waals surface area contributed by atoms with Crippen molar-refractivity contribution in [1.82, 2.24) is 10.2 Å². The molecule has 0 aliphatic heterocycles. The Morgan fingerprint density at radius 2 is 1.95 bits per heavy atom. The summed E-state index contributed by atoms with van der Waals surface area (Å²) in [6, 6.07) is 10.4. The molecule has 0 radical (unpaired) electrons. The van der Waals surface area contributed by atoms with Crippen LogP contribution >= 0.6 is 0 Å². The van der Waals surface area contributed by atoms with Gasteiger partial charge in [-0.05, 0) is 23.6 Å². The van der Waals surface area contributed by atoms with E-state index in [2.05, 4.69) is 4.72 Å². The van der Waals surface area contributed by atoms with Crippen LogP contribution in [-0.2, 0) is 14.8 Å². The molecule has 22 heavy (non-hydrogen) atoms. The number of amides is 1. The maximum Gasteiger partial charge on any atom is 0.258 e. The van der Waals surface area contributed by atoms with Crippen LogP contribution in [0.5, 0.6) is 0 Å². The van der Waals surface area contributed by atoms with Crippen LogP contribution in [0.4, 0.5) is 5.69 Å². The smallest absolute Gasteiger partial charge is 0.258 e. The van der Waals surface area contributed by atoms with E-state index in [0.717, 1.165) is 16.5 Å². The van der Waals surface area contributed by atoms with Gasteiger partial charge in [0.05, 0.1) is 11.4 Å². The number of hydrogen-bond donors (Lipinski definition) is 3. The second kappa shape index (κ2) is 6.30. The molecule has 0 aromatic heterocycles. The number of hydrogen-bond acceptors (Lipinski definition) is 5. The van der Waals surface area contributed by atoms with E-state index in [9.17, 15) is 13.2 Å². The summed E-state index contributed by atoms with van der Waals surface area (Å²) in [7, 11) is -0.0903. The minimum Gasteiger partial charge on any atom is -0.377 e. The molecule has 0 heterocycles. The van der Waals surface area contributed by atoms with Gasteiger partial charge in [-0.15, -0.1) is 0 Å². The second-order valence-corrected chi connectivity index (χ2v) is 6.68. The number of carbonyl (C=O) groups excluding carboxylic acids is 1. The van der Waals surface area contributed by atoms with Crippen LogP contribution in [-0.4, -0.2) is 40.2 Å². The lowest BCUT2D eigenvalue weighted by molar-refractivity contribution is -0.127. The molecule has 2 aromatic rings. The number of rotatable bonds is 5. The Morgan fingerprint density at radius 3 is 2.59 bits per heavy atom. The average molecular weight is 323 g/mol. The maximum atomic E-state index is 12.2. The Balaban J connectivity index is 2.44. The molecule has 3 N–H and O–H groups in total. The van der Waals surface area contributed by atoms with Crippen molar-refractivity contribution in [2.75, 3.05) is 25.5 Å². The molecule has 0 aliphatic carbocycles. The zero-order valence-electron chi connectivity index (χ0n) is 12.2. The van der Waals surface area contributed by atoms with Crippen molar-refractivity contribution in [3.63, 3.8) is 0 Å². The van der Waals surface area contributed by atoms with Gasteiger partial charge in [0.1, 0.15) is 0 Å². The van der Waals surface area contributed by atoms with E-state index in [0.29, 0.717) is 0 Å². The highest BCUT2D eigenvalue weighted by Crippen LogP contribution is 2.27. The van der Waals surface area contributed by atoms with Crippen molar-refractivity contribution in [3.8, 4) is 0 Å². The maximum absolute atomic E-state index is 12.2. The van der Waals surface area contributed by atoms with Gasteiger partial charge in [0, 0.05) is 25.2 Å². The Bertz CT molecular complexity index is 803. The zero-order valence-corrected chi connectivity index (χ0v) is 13.0. The predicted octanol–water partition coefficient (Wildman–Crippen LogP) is 0.690. The highest BCUT2D eigenvalue weighted by molar-refractivity contribution is 7.89. The highest BCUT2D eigenvalue weighted by atomic mass is 32.2. The van der Waals surface area contributed by atoms with Gasteiger partial charge in [0.15, 0.2) is 0 Å². The highest BCUT2D eigenvalue weighted by Gasteiger charge is 2.16. The summed E-state index contributed by atoms with van der Waals surface area (Å²) in [5, 5.41) is 10.1. The summed E-state index contributed by atoms with van der Waals surface area (Å²) in [6.45, 7) is -0.536. The summed E-state index contributed by atoms with van der Waals surface area (Å²) >= 11 is 0. The van der Waals surface area contributed by atoms with Crippen molar-refractivity contribution in [2.24, 2.45) is 0 Å². The largest absolute Gasteiger partial charge is 0.377 e. The monoisotopic (exact) mass is 323 g/mol. The number of nitrogens with one attached hydrogen (secondary N) is 2. The number of hydroxylamine groups is 1. The number of carbonyl (C=O) groups is 1. The Hall–Kier alpha value is -2.16. The van der Waals surface area contributed by atoms with Gasteiger partial charge in [-0.1, -0.05) is 18.2 Å². The Morgan fingerprint density at radius 1 is 1.23 bits per heavy atom. The SMILES string of the molecule is CN(C)c1cccc2ccc(S(=O)(=O)NCC(=O)NO)cc12. The summed E-state index contributed by atoms with van der Waals surface area (Å²) in [5.74, 6) is -0.835. The van der Waals surface area contributed by atoms with Crippen LogP contribution in [0, 0.1) is 0 Å². The van der Waals surface area contributed by atoms with Crippen molar-refractivity contribution in [3.05, 3.63) is 36.4 Å². The van der Waals surface area contributed by atoms with Gasteiger partial charge in [-0.25, -0.2) is 18.6 Å². The Labute approximate surface area is 128 Å². The first-order valence-corrected chi connectivity index (χ1v) is 7.96.